The van der Waals surface area contributed by atoms with Crippen LogP contribution >= 0.6 is 0 Å². The maximum atomic E-state index is 12.8. The van der Waals surface area contributed by atoms with Gasteiger partial charge in [-0.05, 0) is 18.9 Å². The van der Waals surface area contributed by atoms with E-state index in [9.17, 15) is 18.0 Å². The smallest absolute Gasteiger partial charge is 0.325 e. The van der Waals surface area contributed by atoms with Crippen LogP contribution < -0.4 is 5.73 Å². The van der Waals surface area contributed by atoms with E-state index < -0.39 is 23.1 Å². The zero-order valence-corrected chi connectivity index (χ0v) is 10.3. The number of carbonyl (C=O) groups is 1. The van der Waals surface area contributed by atoms with E-state index in [1.807, 2.05) is 0 Å². The molecule has 1 heterocycles. The van der Waals surface area contributed by atoms with Crippen LogP contribution in [0.3, 0.4) is 0 Å². The first-order chi connectivity index (χ1) is 8.82. The first-order valence-corrected chi connectivity index (χ1v) is 6.15. The molecular formula is C13H15F3N2O. The first-order valence-electron chi connectivity index (χ1n) is 6.15. The van der Waals surface area contributed by atoms with E-state index in [1.54, 1.807) is 0 Å². The van der Waals surface area contributed by atoms with Crippen molar-refractivity contribution in [1.29, 1.82) is 0 Å². The third-order valence-corrected chi connectivity index (χ3v) is 3.54. The fraction of sp³-hybridized carbons (Fsp3) is 0.538. The predicted molar refractivity (Wildman–Crippen MR) is 63.6 cm³/mol. The molecule has 0 atom stereocenters. The Morgan fingerprint density at radius 3 is 2.58 bits per heavy atom. The summed E-state index contributed by atoms with van der Waals surface area (Å²) in [5.74, 6) is -0.579. The molecule has 104 valence electrons. The fourth-order valence-electron chi connectivity index (χ4n) is 2.53. The molecule has 0 unspecified atom stereocenters. The highest BCUT2D eigenvalue weighted by Gasteiger charge is 2.38. The van der Waals surface area contributed by atoms with Gasteiger partial charge >= 0.3 is 6.18 Å². The number of Topliss-reactive ketones (excluding diaryl/α,β-unsaturated/α-hetero) is 1. The van der Waals surface area contributed by atoms with Crippen LogP contribution in [-0.4, -0.2) is 16.3 Å². The monoisotopic (exact) mass is 272 g/mol. The Morgan fingerprint density at radius 1 is 1.37 bits per heavy atom. The number of alkyl halides is 3. The topological polar surface area (TPSA) is 56.0 Å². The van der Waals surface area contributed by atoms with E-state index in [0.29, 0.717) is 12.8 Å². The second kappa shape index (κ2) is 4.92. The number of halogens is 3. The molecule has 0 radical (unpaired) electrons. The lowest BCUT2D eigenvalue weighted by molar-refractivity contribution is -0.138. The summed E-state index contributed by atoms with van der Waals surface area (Å²) in [7, 11) is 0. The molecule has 0 spiro atoms. The molecular weight excluding hydrogens is 257 g/mol. The Balaban J connectivity index is 2.24. The van der Waals surface area contributed by atoms with E-state index in [4.69, 9.17) is 5.73 Å². The SMILES string of the molecule is NC1(CC(=O)c2cnccc2C(F)(F)F)CCCC1. The Kier molecular flexibility index (Phi) is 3.62. The van der Waals surface area contributed by atoms with Gasteiger partial charge in [0.05, 0.1) is 5.56 Å². The summed E-state index contributed by atoms with van der Waals surface area (Å²) in [6.45, 7) is 0. The second-order valence-electron chi connectivity index (χ2n) is 5.09. The summed E-state index contributed by atoms with van der Waals surface area (Å²) in [6.07, 6.45) is 0.608. The maximum absolute atomic E-state index is 12.8. The van der Waals surface area contributed by atoms with Gasteiger partial charge in [0.15, 0.2) is 5.78 Å². The zero-order chi connectivity index (χ0) is 14.1. The van der Waals surface area contributed by atoms with Gasteiger partial charge in [0.25, 0.3) is 0 Å². The highest BCUT2D eigenvalue weighted by molar-refractivity contribution is 5.98. The standard InChI is InChI=1S/C13H15F3N2O/c14-13(15,16)10-3-6-18-8-9(10)11(19)7-12(17)4-1-2-5-12/h3,6,8H,1-2,4-5,7,17H2. The van der Waals surface area contributed by atoms with Crippen molar-refractivity contribution in [1.82, 2.24) is 4.98 Å². The molecule has 1 saturated carbocycles. The third kappa shape index (κ3) is 3.12. The van der Waals surface area contributed by atoms with Crippen molar-refractivity contribution >= 4 is 5.78 Å². The molecule has 0 amide bonds. The first kappa shape index (κ1) is 14.0. The molecule has 0 bridgehead atoms. The van der Waals surface area contributed by atoms with Crippen LogP contribution in [0.5, 0.6) is 0 Å². The highest BCUT2D eigenvalue weighted by Crippen LogP contribution is 2.35. The number of aromatic nitrogens is 1. The largest absolute Gasteiger partial charge is 0.417 e. The molecule has 19 heavy (non-hydrogen) atoms. The van der Waals surface area contributed by atoms with Crippen molar-refractivity contribution < 1.29 is 18.0 Å². The van der Waals surface area contributed by atoms with Gasteiger partial charge in [0, 0.05) is 29.9 Å². The van der Waals surface area contributed by atoms with Crippen LogP contribution in [0.1, 0.15) is 48.0 Å². The number of pyridine rings is 1. The lowest BCUT2D eigenvalue weighted by Gasteiger charge is -2.23. The van der Waals surface area contributed by atoms with Gasteiger partial charge in [0.2, 0.25) is 0 Å². The number of hydrogen-bond acceptors (Lipinski definition) is 3. The Hall–Kier alpha value is -1.43. The molecule has 2 rings (SSSR count). The number of ketones is 1. The van der Waals surface area contributed by atoms with Gasteiger partial charge < -0.3 is 5.73 Å². The molecule has 1 aromatic heterocycles. The summed E-state index contributed by atoms with van der Waals surface area (Å²) in [5.41, 5.74) is 4.06. The Labute approximate surface area is 109 Å². The van der Waals surface area contributed by atoms with Crippen LogP contribution in [0.2, 0.25) is 0 Å². The summed E-state index contributed by atoms with van der Waals surface area (Å²) in [5, 5.41) is 0. The molecule has 1 fully saturated rings. The van der Waals surface area contributed by atoms with Gasteiger partial charge in [-0.1, -0.05) is 12.8 Å². The fourth-order valence-corrected chi connectivity index (χ4v) is 2.53. The van der Waals surface area contributed by atoms with Crippen molar-refractivity contribution in [3.63, 3.8) is 0 Å². The number of carbonyl (C=O) groups excluding carboxylic acids is 1. The molecule has 1 aliphatic rings. The van der Waals surface area contributed by atoms with Gasteiger partial charge in [-0.15, -0.1) is 0 Å². The number of rotatable bonds is 3. The molecule has 6 heteroatoms. The molecule has 3 nitrogen and oxygen atoms in total. The van der Waals surface area contributed by atoms with Crippen LogP contribution in [0.25, 0.3) is 0 Å². The summed E-state index contributed by atoms with van der Waals surface area (Å²) >= 11 is 0. The van der Waals surface area contributed by atoms with E-state index in [2.05, 4.69) is 4.98 Å². The van der Waals surface area contributed by atoms with Crippen molar-refractivity contribution in [3.05, 3.63) is 29.6 Å². The number of hydrogen-bond donors (Lipinski definition) is 1. The van der Waals surface area contributed by atoms with Crippen LogP contribution in [0, 0.1) is 0 Å². The van der Waals surface area contributed by atoms with E-state index in [1.165, 1.54) is 0 Å². The van der Waals surface area contributed by atoms with E-state index in [0.717, 1.165) is 31.3 Å². The molecule has 1 aliphatic carbocycles. The van der Waals surface area contributed by atoms with Gasteiger partial charge in [-0.2, -0.15) is 13.2 Å². The molecule has 2 N–H and O–H groups in total. The summed E-state index contributed by atoms with van der Waals surface area (Å²) < 4.78 is 38.4. The van der Waals surface area contributed by atoms with Crippen molar-refractivity contribution in [3.8, 4) is 0 Å². The van der Waals surface area contributed by atoms with E-state index in [-0.39, 0.29) is 12.0 Å². The van der Waals surface area contributed by atoms with Gasteiger partial charge in [-0.3, -0.25) is 9.78 Å². The number of nitrogens with two attached hydrogens (primary N) is 1. The van der Waals surface area contributed by atoms with Gasteiger partial charge in [-0.25, -0.2) is 0 Å². The normalized spacial score (nSPS) is 18.5. The molecule has 0 aromatic carbocycles. The number of nitrogens with zero attached hydrogens (tertiary/aromatic N) is 1. The minimum absolute atomic E-state index is 0.0538. The van der Waals surface area contributed by atoms with E-state index >= 15 is 0 Å². The minimum atomic E-state index is -4.55. The Bertz CT molecular complexity index is 479. The van der Waals surface area contributed by atoms with Crippen molar-refractivity contribution in [2.75, 3.05) is 0 Å². The minimum Gasteiger partial charge on any atom is -0.325 e. The van der Waals surface area contributed by atoms with Gasteiger partial charge in [0.1, 0.15) is 0 Å². The molecule has 0 aliphatic heterocycles. The van der Waals surface area contributed by atoms with Crippen LogP contribution in [0.15, 0.2) is 18.5 Å². The quantitative estimate of drug-likeness (QED) is 0.861. The average molecular weight is 272 g/mol. The second-order valence-corrected chi connectivity index (χ2v) is 5.09. The lowest BCUT2D eigenvalue weighted by Crippen LogP contribution is -2.39. The van der Waals surface area contributed by atoms with Crippen molar-refractivity contribution in [2.45, 2.75) is 43.8 Å². The maximum Gasteiger partial charge on any atom is 0.417 e. The predicted octanol–water partition coefficient (Wildman–Crippen LogP) is 2.94. The third-order valence-electron chi connectivity index (χ3n) is 3.54. The average Bonchev–Trinajstić information content (AvgIpc) is 2.74. The van der Waals surface area contributed by atoms with Crippen LogP contribution in [0.4, 0.5) is 13.2 Å². The van der Waals surface area contributed by atoms with Crippen molar-refractivity contribution in [2.24, 2.45) is 5.73 Å². The Morgan fingerprint density at radius 2 is 2.00 bits per heavy atom. The summed E-state index contributed by atoms with van der Waals surface area (Å²) in [6, 6.07) is 0.824. The van der Waals surface area contributed by atoms with Crippen LogP contribution in [-0.2, 0) is 6.18 Å². The highest BCUT2D eigenvalue weighted by atomic mass is 19.4. The molecule has 0 saturated heterocycles. The lowest BCUT2D eigenvalue weighted by atomic mass is 9.89. The molecule has 1 aromatic rings. The zero-order valence-electron chi connectivity index (χ0n) is 10.3. The summed E-state index contributed by atoms with van der Waals surface area (Å²) in [4.78, 5) is 15.7.